The van der Waals surface area contributed by atoms with Crippen molar-refractivity contribution in [3.05, 3.63) is 46.9 Å². The molecule has 15 heavy (non-hydrogen) atoms. The van der Waals surface area contributed by atoms with Gasteiger partial charge in [0, 0.05) is 17.0 Å². The van der Waals surface area contributed by atoms with Crippen LogP contribution in [0.15, 0.2) is 42.0 Å². The molecule has 0 aliphatic heterocycles. The zero-order valence-corrected chi connectivity index (χ0v) is 9.41. The Bertz CT molecular complexity index is 385. The summed E-state index contributed by atoms with van der Waals surface area (Å²) in [6.07, 6.45) is 1.91. The highest BCUT2D eigenvalue weighted by molar-refractivity contribution is 7.09. The van der Waals surface area contributed by atoms with Gasteiger partial charge in [-0.05, 0) is 12.1 Å². The van der Waals surface area contributed by atoms with E-state index in [4.69, 9.17) is 4.74 Å². The lowest BCUT2D eigenvalue weighted by molar-refractivity contribution is 0.297. The zero-order chi connectivity index (χ0) is 10.5. The molecule has 0 saturated carbocycles. The van der Waals surface area contributed by atoms with Crippen LogP contribution in [0.1, 0.15) is 17.7 Å². The first-order chi connectivity index (χ1) is 7.36. The van der Waals surface area contributed by atoms with E-state index in [2.05, 4.69) is 11.9 Å². The molecule has 1 unspecified atom stereocenters. The smallest absolute Gasteiger partial charge is 0.119 e. The van der Waals surface area contributed by atoms with Gasteiger partial charge >= 0.3 is 0 Å². The van der Waals surface area contributed by atoms with Crippen LogP contribution in [0.3, 0.4) is 0 Å². The Morgan fingerprint density at radius 1 is 1.33 bits per heavy atom. The molecule has 78 valence electrons. The summed E-state index contributed by atoms with van der Waals surface area (Å²) in [5.74, 6) is 1.33. The maximum Gasteiger partial charge on any atom is 0.119 e. The average molecular weight is 219 g/mol. The summed E-state index contributed by atoms with van der Waals surface area (Å²) in [4.78, 5) is 5.33. The van der Waals surface area contributed by atoms with Crippen LogP contribution in [0.5, 0.6) is 5.75 Å². The predicted molar refractivity (Wildman–Crippen MR) is 62.5 cm³/mol. The van der Waals surface area contributed by atoms with Crippen molar-refractivity contribution in [3.8, 4) is 5.75 Å². The molecule has 1 atom stereocenters. The summed E-state index contributed by atoms with van der Waals surface area (Å²) in [7, 11) is 0. The first kappa shape index (κ1) is 10.2. The van der Waals surface area contributed by atoms with E-state index in [-0.39, 0.29) is 0 Å². The van der Waals surface area contributed by atoms with Gasteiger partial charge in [-0.3, -0.25) is 4.98 Å². The third-order valence-corrected chi connectivity index (χ3v) is 3.19. The first-order valence-electron chi connectivity index (χ1n) is 4.92. The highest BCUT2D eigenvalue weighted by atomic mass is 32.1. The van der Waals surface area contributed by atoms with Crippen LogP contribution in [0.2, 0.25) is 0 Å². The molecule has 1 aromatic carbocycles. The summed E-state index contributed by atoms with van der Waals surface area (Å²) in [5.41, 5.74) is 1.86. The van der Waals surface area contributed by atoms with Crippen molar-refractivity contribution in [2.75, 3.05) is 6.61 Å². The molecule has 0 N–H and O–H groups in total. The van der Waals surface area contributed by atoms with Crippen molar-refractivity contribution >= 4 is 11.3 Å². The SMILES string of the molecule is CC(COc1ccccc1)c1cncs1. The summed E-state index contributed by atoms with van der Waals surface area (Å²) in [6.45, 7) is 2.85. The van der Waals surface area contributed by atoms with E-state index in [0.29, 0.717) is 12.5 Å². The number of rotatable bonds is 4. The highest BCUT2D eigenvalue weighted by Crippen LogP contribution is 2.20. The van der Waals surface area contributed by atoms with E-state index < -0.39 is 0 Å². The number of benzene rings is 1. The van der Waals surface area contributed by atoms with Gasteiger partial charge in [-0.1, -0.05) is 25.1 Å². The Balaban J connectivity index is 1.89. The maximum absolute atomic E-state index is 5.67. The largest absolute Gasteiger partial charge is 0.493 e. The topological polar surface area (TPSA) is 22.1 Å². The predicted octanol–water partition coefficient (Wildman–Crippen LogP) is 3.33. The summed E-state index contributed by atoms with van der Waals surface area (Å²) in [6, 6.07) is 9.89. The summed E-state index contributed by atoms with van der Waals surface area (Å²) in [5, 5.41) is 0. The third kappa shape index (κ3) is 2.80. The number of para-hydroxylation sites is 1. The second-order valence-corrected chi connectivity index (χ2v) is 4.35. The lowest BCUT2D eigenvalue weighted by Crippen LogP contribution is -2.05. The standard InChI is InChI=1S/C12H13NOS/c1-10(12-7-13-9-15-12)8-14-11-5-3-2-4-6-11/h2-7,9-10H,8H2,1H3. The van der Waals surface area contributed by atoms with Crippen molar-refractivity contribution in [1.82, 2.24) is 4.98 Å². The van der Waals surface area contributed by atoms with Crippen LogP contribution < -0.4 is 4.74 Å². The van der Waals surface area contributed by atoms with Gasteiger partial charge in [0.1, 0.15) is 5.75 Å². The van der Waals surface area contributed by atoms with E-state index in [1.165, 1.54) is 4.88 Å². The summed E-state index contributed by atoms with van der Waals surface area (Å²) < 4.78 is 5.67. The minimum atomic E-state index is 0.401. The fraction of sp³-hybridized carbons (Fsp3) is 0.250. The van der Waals surface area contributed by atoms with Crippen molar-refractivity contribution in [2.24, 2.45) is 0 Å². The summed E-state index contributed by atoms with van der Waals surface area (Å²) >= 11 is 1.68. The Morgan fingerprint density at radius 2 is 2.13 bits per heavy atom. The normalized spacial score (nSPS) is 12.3. The van der Waals surface area contributed by atoms with Gasteiger partial charge in [0.15, 0.2) is 0 Å². The Labute approximate surface area is 93.6 Å². The molecule has 0 fully saturated rings. The molecular weight excluding hydrogens is 206 g/mol. The molecule has 0 amide bonds. The van der Waals surface area contributed by atoms with Gasteiger partial charge in [0.25, 0.3) is 0 Å². The number of thiazole rings is 1. The molecule has 0 saturated heterocycles. The fourth-order valence-electron chi connectivity index (χ4n) is 1.29. The van der Waals surface area contributed by atoms with Gasteiger partial charge in [0.05, 0.1) is 12.1 Å². The van der Waals surface area contributed by atoms with Crippen LogP contribution in [0, 0.1) is 0 Å². The Hall–Kier alpha value is -1.35. The molecule has 0 aliphatic carbocycles. The lowest BCUT2D eigenvalue weighted by Gasteiger charge is -2.10. The average Bonchev–Trinajstić information content (AvgIpc) is 2.81. The number of hydrogen-bond acceptors (Lipinski definition) is 3. The third-order valence-electron chi connectivity index (χ3n) is 2.18. The molecule has 0 aliphatic rings. The quantitative estimate of drug-likeness (QED) is 0.787. The van der Waals surface area contributed by atoms with E-state index in [1.807, 2.05) is 42.0 Å². The second-order valence-electron chi connectivity index (χ2n) is 3.43. The monoisotopic (exact) mass is 219 g/mol. The van der Waals surface area contributed by atoms with E-state index in [9.17, 15) is 0 Å². The minimum Gasteiger partial charge on any atom is -0.493 e. The van der Waals surface area contributed by atoms with Gasteiger partial charge < -0.3 is 4.74 Å². The molecule has 0 bridgehead atoms. The maximum atomic E-state index is 5.67. The fourth-order valence-corrected chi connectivity index (χ4v) is 1.95. The van der Waals surface area contributed by atoms with Crippen molar-refractivity contribution < 1.29 is 4.74 Å². The molecule has 1 aromatic heterocycles. The van der Waals surface area contributed by atoms with Crippen LogP contribution >= 0.6 is 11.3 Å². The van der Waals surface area contributed by atoms with Crippen LogP contribution in [-0.2, 0) is 0 Å². The van der Waals surface area contributed by atoms with Gasteiger partial charge in [-0.25, -0.2) is 0 Å². The molecule has 3 heteroatoms. The van der Waals surface area contributed by atoms with Gasteiger partial charge in [0.2, 0.25) is 0 Å². The molecular formula is C12H13NOS. The molecule has 0 radical (unpaired) electrons. The van der Waals surface area contributed by atoms with Gasteiger partial charge in [-0.2, -0.15) is 0 Å². The molecule has 2 aromatic rings. The van der Waals surface area contributed by atoms with Crippen molar-refractivity contribution in [1.29, 1.82) is 0 Å². The molecule has 1 heterocycles. The minimum absolute atomic E-state index is 0.401. The molecule has 0 spiro atoms. The lowest BCUT2D eigenvalue weighted by atomic mass is 10.2. The number of nitrogens with zero attached hydrogens (tertiary/aromatic N) is 1. The van der Waals surface area contributed by atoms with E-state index in [0.717, 1.165) is 5.75 Å². The number of aromatic nitrogens is 1. The van der Waals surface area contributed by atoms with E-state index in [1.54, 1.807) is 11.3 Å². The van der Waals surface area contributed by atoms with Crippen molar-refractivity contribution in [3.63, 3.8) is 0 Å². The van der Waals surface area contributed by atoms with Crippen molar-refractivity contribution in [2.45, 2.75) is 12.8 Å². The molecule has 2 nitrogen and oxygen atoms in total. The van der Waals surface area contributed by atoms with Crippen LogP contribution in [0.4, 0.5) is 0 Å². The second kappa shape index (κ2) is 4.94. The Morgan fingerprint density at radius 3 is 2.80 bits per heavy atom. The Kier molecular flexibility index (Phi) is 3.35. The molecule has 2 rings (SSSR count). The van der Waals surface area contributed by atoms with Crippen LogP contribution in [0.25, 0.3) is 0 Å². The van der Waals surface area contributed by atoms with E-state index >= 15 is 0 Å². The van der Waals surface area contributed by atoms with Crippen LogP contribution in [-0.4, -0.2) is 11.6 Å². The zero-order valence-electron chi connectivity index (χ0n) is 8.59. The highest BCUT2D eigenvalue weighted by Gasteiger charge is 2.07. The van der Waals surface area contributed by atoms with Gasteiger partial charge in [-0.15, -0.1) is 11.3 Å². The number of ether oxygens (including phenoxy) is 1. The first-order valence-corrected chi connectivity index (χ1v) is 5.80. The number of hydrogen-bond donors (Lipinski definition) is 0.